The average Bonchev–Trinajstić information content (AvgIpc) is 2.68. The van der Waals surface area contributed by atoms with Crippen molar-refractivity contribution in [3.8, 4) is 17.1 Å². The summed E-state index contributed by atoms with van der Waals surface area (Å²) in [5.74, 6) is 0.613. The van der Waals surface area contributed by atoms with Crippen LogP contribution in [0, 0.1) is 0 Å². The van der Waals surface area contributed by atoms with Gasteiger partial charge in [0.15, 0.2) is 0 Å². The van der Waals surface area contributed by atoms with Crippen molar-refractivity contribution in [2.75, 3.05) is 6.61 Å². The Morgan fingerprint density at radius 2 is 2.31 bits per heavy atom. The van der Waals surface area contributed by atoms with Crippen molar-refractivity contribution < 1.29 is 4.74 Å². The van der Waals surface area contributed by atoms with E-state index in [1.807, 2.05) is 32.3 Å². The number of aromatic nitrogens is 3. The van der Waals surface area contributed by atoms with Crippen molar-refractivity contribution in [3.05, 3.63) is 29.0 Å². The Hall–Kier alpha value is -1.36. The third-order valence-corrected chi connectivity index (χ3v) is 2.67. The molecular formula is C11H12BrN3O. The largest absolute Gasteiger partial charge is 0.477 e. The lowest BCUT2D eigenvalue weighted by Gasteiger charge is -2.05. The summed E-state index contributed by atoms with van der Waals surface area (Å²) in [4.78, 5) is 4.24. The molecule has 0 spiro atoms. The van der Waals surface area contributed by atoms with E-state index in [0.29, 0.717) is 12.5 Å². The maximum absolute atomic E-state index is 5.35. The number of hydrogen-bond donors (Lipinski definition) is 0. The van der Waals surface area contributed by atoms with Crippen LogP contribution >= 0.6 is 15.9 Å². The van der Waals surface area contributed by atoms with Gasteiger partial charge in [0, 0.05) is 25.0 Å². The van der Waals surface area contributed by atoms with Crippen LogP contribution in [-0.2, 0) is 7.05 Å². The molecule has 0 unspecified atom stereocenters. The molecule has 5 heteroatoms. The molecule has 0 bridgehead atoms. The van der Waals surface area contributed by atoms with Gasteiger partial charge in [-0.25, -0.2) is 4.98 Å². The number of nitrogens with zero attached hydrogens (tertiary/aromatic N) is 3. The molecular weight excluding hydrogens is 270 g/mol. The van der Waals surface area contributed by atoms with Gasteiger partial charge in [0.1, 0.15) is 0 Å². The van der Waals surface area contributed by atoms with Gasteiger partial charge in [0.2, 0.25) is 5.88 Å². The molecule has 0 aliphatic carbocycles. The molecule has 0 radical (unpaired) electrons. The van der Waals surface area contributed by atoms with E-state index in [4.69, 9.17) is 4.74 Å². The Balaban J connectivity index is 2.34. The number of halogens is 1. The summed E-state index contributed by atoms with van der Waals surface area (Å²) in [7, 11) is 1.89. The van der Waals surface area contributed by atoms with Crippen LogP contribution in [0.5, 0.6) is 5.88 Å². The third-order valence-electron chi connectivity index (χ3n) is 2.10. The van der Waals surface area contributed by atoms with E-state index in [2.05, 4.69) is 26.0 Å². The molecule has 2 rings (SSSR count). The normalized spacial score (nSPS) is 10.4. The molecule has 0 aliphatic rings. The second-order valence-corrected chi connectivity index (χ2v) is 4.17. The van der Waals surface area contributed by atoms with E-state index in [0.717, 1.165) is 15.7 Å². The number of ether oxygens (including phenoxy) is 1. The van der Waals surface area contributed by atoms with E-state index in [1.165, 1.54) is 0 Å². The van der Waals surface area contributed by atoms with Gasteiger partial charge in [0.05, 0.1) is 16.8 Å². The molecule has 16 heavy (non-hydrogen) atoms. The highest BCUT2D eigenvalue weighted by Gasteiger charge is 2.07. The quantitative estimate of drug-likeness (QED) is 0.868. The lowest BCUT2D eigenvalue weighted by atomic mass is 10.2. The van der Waals surface area contributed by atoms with Gasteiger partial charge in [-0.15, -0.1) is 0 Å². The van der Waals surface area contributed by atoms with Crippen LogP contribution in [0.4, 0.5) is 0 Å². The molecule has 0 atom stereocenters. The minimum absolute atomic E-state index is 0.606. The summed E-state index contributed by atoms with van der Waals surface area (Å²) in [5.41, 5.74) is 1.87. The Morgan fingerprint density at radius 1 is 1.50 bits per heavy atom. The van der Waals surface area contributed by atoms with Crippen molar-refractivity contribution in [1.29, 1.82) is 0 Å². The summed E-state index contributed by atoms with van der Waals surface area (Å²) in [6.45, 7) is 2.54. The lowest BCUT2D eigenvalue weighted by Crippen LogP contribution is -1.95. The van der Waals surface area contributed by atoms with E-state index in [1.54, 1.807) is 10.9 Å². The van der Waals surface area contributed by atoms with E-state index in [-0.39, 0.29) is 0 Å². The molecule has 84 valence electrons. The zero-order valence-corrected chi connectivity index (χ0v) is 10.7. The van der Waals surface area contributed by atoms with E-state index < -0.39 is 0 Å². The molecule has 0 saturated heterocycles. The topological polar surface area (TPSA) is 39.9 Å². The third kappa shape index (κ3) is 2.24. The van der Waals surface area contributed by atoms with Gasteiger partial charge in [-0.3, -0.25) is 4.68 Å². The minimum Gasteiger partial charge on any atom is -0.477 e. The Kier molecular flexibility index (Phi) is 3.24. The van der Waals surface area contributed by atoms with Crippen LogP contribution in [0.3, 0.4) is 0 Å². The van der Waals surface area contributed by atoms with Crippen LogP contribution in [-0.4, -0.2) is 21.4 Å². The van der Waals surface area contributed by atoms with Crippen molar-refractivity contribution >= 4 is 15.9 Å². The number of pyridine rings is 1. The van der Waals surface area contributed by atoms with Crippen LogP contribution < -0.4 is 4.74 Å². The summed E-state index contributed by atoms with van der Waals surface area (Å²) in [6, 6.07) is 3.91. The zero-order valence-electron chi connectivity index (χ0n) is 9.14. The van der Waals surface area contributed by atoms with Crippen molar-refractivity contribution in [2.24, 2.45) is 7.05 Å². The van der Waals surface area contributed by atoms with Gasteiger partial charge in [-0.1, -0.05) is 0 Å². The summed E-state index contributed by atoms with van der Waals surface area (Å²) < 4.78 is 7.96. The molecule has 2 heterocycles. The fourth-order valence-electron chi connectivity index (χ4n) is 1.38. The molecule has 0 saturated carbocycles. The van der Waals surface area contributed by atoms with Crippen LogP contribution in [0.15, 0.2) is 29.0 Å². The summed E-state index contributed by atoms with van der Waals surface area (Å²) >= 11 is 3.43. The molecule has 2 aromatic heterocycles. The predicted molar refractivity (Wildman–Crippen MR) is 65.3 cm³/mol. The Morgan fingerprint density at radius 3 is 2.88 bits per heavy atom. The second-order valence-electron chi connectivity index (χ2n) is 3.32. The molecule has 4 nitrogen and oxygen atoms in total. The number of aryl methyl sites for hydroxylation is 1. The second kappa shape index (κ2) is 4.65. The molecule has 0 amide bonds. The van der Waals surface area contributed by atoms with E-state index in [9.17, 15) is 0 Å². The Labute approximate surface area is 102 Å². The molecule has 0 N–H and O–H groups in total. The Bertz CT molecular complexity index is 496. The van der Waals surface area contributed by atoms with E-state index >= 15 is 0 Å². The van der Waals surface area contributed by atoms with Crippen LogP contribution in [0.1, 0.15) is 6.92 Å². The van der Waals surface area contributed by atoms with Crippen molar-refractivity contribution in [1.82, 2.24) is 14.8 Å². The van der Waals surface area contributed by atoms with Crippen LogP contribution in [0.25, 0.3) is 11.3 Å². The van der Waals surface area contributed by atoms with Gasteiger partial charge in [-0.05, 0) is 35.0 Å². The molecule has 2 aromatic rings. The van der Waals surface area contributed by atoms with Gasteiger partial charge in [0.25, 0.3) is 0 Å². The lowest BCUT2D eigenvalue weighted by molar-refractivity contribution is 0.324. The summed E-state index contributed by atoms with van der Waals surface area (Å²) in [5, 5.41) is 4.31. The first-order valence-electron chi connectivity index (χ1n) is 4.99. The smallest absolute Gasteiger partial charge is 0.227 e. The fraction of sp³-hybridized carbons (Fsp3) is 0.273. The van der Waals surface area contributed by atoms with Gasteiger partial charge >= 0.3 is 0 Å². The van der Waals surface area contributed by atoms with Gasteiger partial charge < -0.3 is 4.74 Å². The van der Waals surface area contributed by atoms with Crippen molar-refractivity contribution in [3.63, 3.8) is 0 Å². The highest BCUT2D eigenvalue weighted by atomic mass is 79.9. The number of rotatable bonds is 3. The zero-order chi connectivity index (χ0) is 11.5. The average molecular weight is 282 g/mol. The number of hydrogen-bond acceptors (Lipinski definition) is 3. The fourth-order valence-corrected chi connectivity index (χ4v) is 1.84. The van der Waals surface area contributed by atoms with Gasteiger partial charge in [-0.2, -0.15) is 5.10 Å². The first-order chi connectivity index (χ1) is 7.70. The highest BCUT2D eigenvalue weighted by Crippen LogP contribution is 2.27. The SMILES string of the molecule is CCOc1ncc(-c2ccn(C)n2)cc1Br. The predicted octanol–water partition coefficient (Wildman–Crippen LogP) is 2.64. The maximum Gasteiger partial charge on any atom is 0.227 e. The first kappa shape index (κ1) is 11.1. The monoisotopic (exact) mass is 281 g/mol. The molecule has 0 fully saturated rings. The first-order valence-corrected chi connectivity index (χ1v) is 5.78. The minimum atomic E-state index is 0.606. The van der Waals surface area contributed by atoms with Crippen molar-refractivity contribution in [2.45, 2.75) is 6.92 Å². The standard InChI is InChI=1S/C11H12BrN3O/c1-3-16-11-9(12)6-8(7-13-11)10-4-5-15(2)14-10/h4-7H,3H2,1-2H3. The maximum atomic E-state index is 5.35. The highest BCUT2D eigenvalue weighted by molar-refractivity contribution is 9.10. The summed E-state index contributed by atoms with van der Waals surface area (Å²) in [6.07, 6.45) is 3.66. The molecule has 0 aromatic carbocycles. The molecule has 0 aliphatic heterocycles. The van der Waals surface area contributed by atoms with Crippen LogP contribution in [0.2, 0.25) is 0 Å².